The zero-order valence-electron chi connectivity index (χ0n) is 11.9. The molecule has 21 heavy (non-hydrogen) atoms. The van der Waals surface area contributed by atoms with Gasteiger partial charge in [0.15, 0.2) is 0 Å². The highest BCUT2D eigenvalue weighted by atomic mass is 16.4. The molecule has 0 unspecified atom stereocenters. The summed E-state index contributed by atoms with van der Waals surface area (Å²) in [5, 5.41) is 9.31. The Morgan fingerprint density at radius 3 is 2.76 bits per heavy atom. The van der Waals surface area contributed by atoms with Crippen LogP contribution in [0.5, 0.6) is 0 Å². The van der Waals surface area contributed by atoms with Crippen molar-refractivity contribution in [3.63, 3.8) is 0 Å². The van der Waals surface area contributed by atoms with E-state index in [1.165, 1.54) is 0 Å². The van der Waals surface area contributed by atoms with Crippen molar-refractivity contribution in [2.45, 2.75) is 26.3 Å². The smallest absolute Gasteiger partial charge is 0.337 e. The SMILES string of the molecule is CC(C)c1nc2c(C(=O)O)cccc2n1Cc1ccco1. The Morgan fingerprint density at radius 2 is 2.14 bits per heavy atom. The Kier molecular flexibility index (Phi) is 3.25. The molecule has 0 radical (unpaired) electrons. The lowest BCUT2D eigenvalue weighted by Crippen LogP contribution is -2.06. The molecule has 3 rings (SSSR count). The molecule has 1 N–H and O–H groups in total. The first-order valence-electron chi connectivity index (χ1n) is 6.82. The normalized spacial score (nSPS) is 11.4. The molecular weight excluding hydrogens is 268 g/mol. The third kappa shape index (κ3) is 2.31. The fraction of sp³-hybridized carbons (Fsp3) is 0.250. The topological polar surface area (TPSA) is 68.3 Å². The Bertz CT molecular complexity index is 785. The summed E-state index contributed by atoms with van der Waals surface area (Å²) in [7, 11) is 0. The molecule has 5 heteroatoms. The number of imidazole rings is 1. The minimum Gasteiger partial charge on any atom is -0.478 e. The number of rotatable bonds is 4. The van der Waals surface area contributed by atoms with Gasteiger partial charge in [0, 0.05) is 5.92 Å². The van der Waals surface area contributed by atoms with E-state index in [1.807, 2.05) is 36.6 Å². The number of aromatic nitrogens is 2. The van der Waals surface area contributed by atoms with Crippen molar-refractivity contribution >= 4 is 17.0 Å². The van der Waals surface area contributed by atoms with Crippen molar-refractivity contribution in [2.75, 3.05) is 0 Å². The lowest BCUT2D eigenvalue weighted by molar-refractivity contribution is 0.0699. The Hall–Kier alpha value is -2.56. The van der Waals surface area contributed by atoms with E-state index >= 15 is 0 Å². The van der Waals surface area contributed by atoms with Gasteiger partial charge in [0.2, 0.25) is 0 Å². The zero-order valence-corrected chi connectivity index (χ0v) is 11.9. The van der Waals surface area contributed by atoms with Gasteiger partial charge in [-0.05, 0) is 24.3 Å². The first-order valence-corrected chi connectivity index (χ1v) is 6.82. The molecule has 0 saturated carbocycles. The number of fused-ring (bicyclic) bond motifs is 1. The molecule has 108 valence electrons. The van der Waals surface area contributed by atoms with Gasteiger partial charge in [0.05, 0.1) is 23.9 Å². The molecule has 0 saturated heterocycles. The van der Waals surface area contributed by atoms with E-state index in [2.05, 4.69) is 4.98 Å². The van der Waals surface area contributed by atoms with Crippen LogP contribution in [0.2, 0.25) is 0 Å². The summed E-state index contributed by atoms with van der Waals surface area (Å²) in [4.78, 5) is 15.9. The second kappa shape index (κ2) is 5.09. The summed E-state index contributed by atoms with van der Waals surface area (Å²) in [6, 6.07) is 8.96. The molecule has 0 amide bonds. The van der Waals surface area contributed by atoms with Crippen LogP contribution in [0.4, 0.5) is 0 Å². The van der Waals surface area contributed by atoms with Gasteiger partial charge in [-0.1, -0.05) is 19.9 Å². The zero-order chi connectivity index (χ0) is 15.0. The lowest BCUT2D eigenvalue weighted by atomic mass is 10.2. The van der Waals surface area contributed by atoms with E-state index in [9.17, 15) is 9.90 Å². The van der Waals surface area contributed by atoms with Crippen LogP contribution in [0.1, 0.15) is 41.7 Å². The summed E-state index contributed by atoms with van der Waals surface area (Å²) >= 11 is 0. The van der Waals surface area contributed by atoms with Gasteiger partial charge >= 0.3 is 5.97 Å². The Labute approximate surface area is 121 Å². The van der Waals surface area contributed by atoms with Crippen molar-refractivity contribution in [1.82, 2.24) is 9.55 Å². The first-order chi connectivity index (χ1) is 10.1. The maximum absolute atomic E-state index is 11.4. The molecular formula is C16H16N2O3. The van der Waals surface area contributed by atoms with Crippen molar-refractivity contribution in [3.8, 4) is 0 Å². The number of para-hydroxylation sites is 1. The standard InChI is InChI=1S/C16H16N2O3/c1-10(2)15-17-14-12(16(19)20)6-3-7-13(14)18(15)9-11-5-4-8-21-11/h3-8,10H,9H2,1-2H3,(H,19,20). The third-order valence-electron chi connectivity index (χ3n) is 3.45. The van der Waals surface area contributed by atoms with Crippen LogP contribution < -0.4 is 0 Å². The number of hydrogen-bond acceptors (Lipinski definition) is 3. The van der Waals surface area contributed by atoms with E-state index in [0.717, 1.165) is 17.1 Å². The third-order valence-corrected chi connectivity index (χ3v) is 3.45. The van der Waals surface area contributed by atoms with Crippen molar-refractivity contribution in [3.05, 3.63) is 53.7 Å². The maximum Gasteiger partial charge on any atom is 0.337 e. The van der Waals surface area contributed by atoms with Crippen LogP contribution >= 0.6 is 0 Å². The van der Waals surface area contributed by atoms with Crippen LogP contribution in [-0.2, 0) is 6.54 Å². The van der Waals surface area contributed by atoms with Gasteiger partial charge < -0.3 is 14.1 Å². The van der Waals surface area contributed by atoms with E-state index in [0.29, 0.717) is 12.1 Å². The highest BCUT2D eigenvalue weighted by Crippen LogP contribution is 2.25. The van der Waals surface area contributed by atoms with Crippen molar-refractivity contribution in [1.29, 1.82) is 0 Å². The molecule has 0 aliphatic heterocycles. The number of carbonyl (C=O) groups is 1. The molecule has 0 fully saturated rings. The molecule has 0 bridgehead atoms. The minimum absolute atomic E-state index is 0.189. The van der Waals surface area contributed by atoms with Crippen molar-refractivity contribution in [2.24, 2.45) is 0 Å². The van der Waals surface area contributed by atoms with E-state index < -0.39 is 5.97 Å². The summed E-state index contributed by atoms with van der Waals surface area (Å²) < 4.78 is 7.42. The van der Waals surface area contributed by atoms with Crippen LogP contribution in [-0.4, -0.2) is 20.6 Å². The molecule has 5 nitrogen and oxygen atoms in total. The number of nitrogens with zero attached hydrogens (tertiary/aromatic N) is 2. The molecule has 0 spiro atoms. The summed E-state index contributed by atoms with van der Waals surface area (Å²) in [5.74, 6) is 0.902. The van der Waals surface area contributed by atoms with E-state index in [1.54, 1.807) is 18.4 Å². The molecule has 0 aliphatic rings. The highest BCUT2D eigenvalue weighted by molar-refractivity contribution is 6.01. The molecule has 2 heterocycles. The first kappa shape index (κ1) is 13.4. The number of hydrogen-bond donors (Lipinski definition) is 1. The van der Waals surface area contributed by atoms with Crippen LogP contribution in [0.15, 0.2) is 41.0 Å². The summed E-state index contributed by atoms with van der Waals surface area (Å²) in [6.45, 7) is 4.63. The summed E-state index contributed by atoms with van der Waals surface area (Å²) in [5.41, 5.74) is 1.57. The maximum atomic E-state index is 11.4. The second-order valence-electron chi connectivity index (χ2n) is 5.27. The summed E-state index contributed by atoms with van der Waals surface area (Å²) in [6.07, 6.45) is 1.63. The van der Waals surface area contributed by atoms with E-state index in [4.69, 9.17) is 4.42 Å². The average molecular weight is 284 g/mol. The van der Waals surface area contributed by atoms with Crippen LogP contribution in [0.25, 0.3) is 11.0 Å². The van der Waals surface area contributed by atoms with Gasteiger partial charge in [-0.25, -0.2) is 9.78 Å². The number of benzene rings is 1. The van der Waals surface area contributed by atoms with Gasteiger partial charge in [-0.3, -0.25) is 0 Å². The quantitative estimate of drug-likeness (QED) is 0.796. The number of aromatic carboxylic acids is 1. The van der Waals surface area contributed by atoms with Gasteiger partial charge in [0.25, 0.3) is 0 Å². The molecule has 0 aliphatic carbocycles. The Balaban J connectivity index is 2.23. The molecule has 2 aromatic heterocycles. The second-order valence-corrected chi connectivity index (χ2v) is 5.27. The predicted molar refractivity (Wildman–Crippen MR) is 78.6 cm³/mol. The fourth-order valence-corrected chi connectivity index (χ4v) is 2.50. The fourth-order valence-electron chi connectivity index (χ4n) is 2.50. The largest absolute Gasteiger partial charge is 0.478 e. The highest BCUT2D eigenvalue weighted by Gasteiger charge is 2.19. The number of carboxylic acids is 1. The molecule has 3 aromatic rings. The van der Waals surface area contributed by atoms with Gasteiger partial charge in [0.1, 0.15) is 17.1 Å². The van der Waals surface area contributed by atoms with Gasteiger partial charge in [-0.2, -0.15) is 0 Å². The molecule has 0 atom stereocenters. The van der Waals surface area contributed by atoms with Gasteiger partial charge in [-0.15, -0.1) is 0 Å². The number of furan rings is 1. The van der Waals surface area contributed by atoms with E-state index in [-0.39, 0.29) is 11.5 Å². The number of carboxylic acid groups (broad SMARTS) is 1. The predicted octanol–water partition coefficient (Wildman–Crippen LogP) is 3.50. The monoisotopic (exact) mass is 284 g/mol. The molecule has 1 aromatic carbocycles. The lowest BCUT2D eigenvalue weighted by Gasteiger charge is -2.09. The van der Waals surface area contributed by atoms with Crippen LogP contribution in [0.3, 0.4) is 0 Å². The average Bonchev–Trinajstić information content (AvgIpc) is 3.07. The van der Waals surface area contributed by atoms with Crippen LogP contribution in [0, 0.1) is 0 Å². The Morgan fingerprint density at radius 1 is 1.33 bits per heavy atom. The van der Waals surface area contributed by atoms with Crippen molar-refractivity contribution < 1.29 is 14.3 Å². The minimum atomic E-state index is -0.960.